The summed E-state index contributed by atoms with van der Waals surface area (Å²) in [5, 5.41) is 10.9. The molecular weight excluding hydrogens is 494 g/mol. The third-order valence-electron chi connectivity index (χ3n) is 6.14. The van der Waals surface area contributed by atoms with Crippen molar-refractivity contribution in [2.75, 3.05) is 13.2 Å². The highest BCUT2D eigenvalue weighted by Crippen LogP contribution is 2.26. The lowest BCUT2D eigenvalue weighted by atomic mass is 10.1. The lowest BCUT2D eigenvalue weighted by molar-refractivity contribution is -0.121. The lowest BCUT2D eigenvalue weighted by Gasteiger charge is -2.24. The van der Waals surface area contributed by atoms with Gasteiger partial charge >= 0.3 is 0 Å². The third kappa shape index (κ3) is 7.88. The Bertz CT molecular complexity index is 1330. The molecule has 3 aromatic carbocycles. The number of hydrogen-bond donors (Lipinski definition) is 1. The number of unbranched alkanes of at least 4 members (excludes halogenated alkanes) is 2. The van der Waals surface area contributed by atoms with Crippen molar-refractivity contribution in [2.45, 2.75) is 38.7 Å². The lowest BCUT2D eigenvalue weighted by Crippen LogP contribution is -2.30. The van der Waals surface area contributed by atoms with Gasteiger partial charge in [0.2, 0.25) is 0 Å². The maximum absolute atomic E-state index is 13.8. The molecule has 1 unspecified atom stereocenters. The van der Waals surface area contributed by atoms with Gasteiger partial charge in [-0.1, -0.05) is 66.7 Å². The Hall–Kier alpha value is -3.74. The predicted molar refractivity (Wildman–Crippen MR) is 152 cm³/mol. The van der Waals surface area contributed by atoms with Crippen LogP contribution >= 0.6 is 11.3 Å². The normalized spacial score (nSPS) is 12.0. The fourth-order valence-electron chi connectivity index (χ4n) is 4.09. The number of nitrogens with zero attached hydrogens (tertiary/aromatic N) is 1. The number of rotatable bonds is 14. The van der Waals surface area contributed by atoms with E-state index in [1.54, 1.807) is 16.2 Å². The number of carbonyl (C=O) groups is 2. The topological polar surface area (TPSA) is 66.8 Å². The maximum Gasteiger partial charge on any atom is 0.254 e. The molecule has 5 nitrogen and oxygen atoms in total. The summed E-state index contributed by atoms with van der Waals surface area (Å²) >= 11 is 1.65. The first kappa shape index (κ1) is 25.9. The van der Waals surface area contributed by atoms with Crippen LogP contribution in [0.25, 0.3) is 10.4 Å². The summed E-state index contributed by atoms with van der Waals surface area (Å²) in [6, 6.07) is 28.7. The number of aliphatic hydroxyl groups excluding tert-OH is 1. The first-order valence-corrected chi connectivity index (χ1v) is 13.7. The number of thiophene rings is 1. The van der Waals surface area contributed by atoms with Crippen LogP contribution in [0.3, 0.4) is 0 Å². The third-order valence-corrected chi connectivity index (χ3v) is 7.06. The van der Waals surface area contributed by atoms with Crippen LogP contribution in [0.1, 0.15) is 48.5 Å². The van der Waals surface area contributed by atoms with Crippen LogP contribution in [0.5, 0.6) is 5.75 Å². The van der Waals surface area contributed by atoms with Gasteiger partial charge in [0.25, 0.3) is 5.91 Å². The monoisotopic (exact) mass is 528 g/mol. The Kier molecular flexibility index (Phi) is 9.72. The van der Waals surface area contributed by atoms with Crippen molar-refractivity contribution in [3.63, 3.8) is 0 Å². The minimum absolute atomic E-state index is 0.150. The van der Waals surface area contributed by atoms with Crippen molar-refractivity contribution in [3.05, 3.63) is 113 Å². The maximum atomic E-state index is 13.8. The predicted octanol–water partition coefficient (Wildman–Crippen LogP) is 6.76. The highest BCUT2D eigenvalue weighted by molar-refractivity contribution is 7.13. The number of amides is 1. The zero-order chi connectivity index (χ0) is 27.5. The van der Waals surface area contributed by atoms with E-state index in [2.05, 4.69) is 6.07 Å². The molecule has 4 aromatic rings. The van der Waals surface area contributed by atoms with Gasteiger partial charge in [0.15, 0.2) is 5.78 Å². The molecule has 0 aliphatic heterocycles. The molecular formula is C32H33NO4S. The molecule has 1 heterocycles. The summed E-state index contributed by atoms with van der Waals surface area (Å²) in [4.78, 5) is 27.8. The Morgan fingerprint density at radius 3 is 2.37 bits per heavy atom. The van der Waals surface area contributed by atoms with Crippen LogP contribution < -0.4 is 4.74 Å². The summed E-state index contributed by atoms with van der Waals surface area (Å²) in [6.07, 6.45) is 2.63. The van der Waals surface area contributed by atoms with Crippen molar-refractivity contribution >= 4 is 23.0 Å². The molecule has 0 bridgehead atoms. The van der Waals surface area contributed by atoms with E-state index < -0.39 is 13.1 Å². The van der Waals surface area contributed by atoms with E-state index >= 15 is 0 Å². The number of carbonyl (C=O) groups excluding carboxylic acids is 2. The minimum Gasteiger partial charge on any atom is -0.493 e. The highest BCUT2D eigenvalue weighted by Gasteiger charge is 2.19. The quantitative estimate of drug-likeness (QED) is 0.184. The molecule has 0 spiro atoms. The SMILES string of the molecule is [2H]C(c1ccccc1OCCCCCC(=O)CO)N(Cc1ccccc1)C(=O)c1ccc(-c2cccs2)cc1. The summed E-state index contributed by atoms with van der Waals surface area (Å²) in [5.74, 6) is 0.199. The number of ketones is 1. The molecule has 1 atom stereocenters. The molecule has 0 fully saturated rings. The van der Waals surface area contributed by atoms with E-state index in [0.717, 1.165) is 28.8 Å². The Balaban J connectivity index is 1.51. The van der Waals surface area contributed by atoms with Crippen LogP contribution in [0.2, 0.25) is 0 Å². The summed E-state index contributed by atoms with van der Waals surface area (Å²) in [5.41, 5.74) is 3.14. The van der Waals surface area contributed by atoms with Gasteiger partial charge in [-0.3, -0.25) is 9.59 Å². The fourth-order valence-corrected chi connectivity index (χ4v) is 4.82. The average Bonchev–Trinajstić information content (AvgIpc) is 3.53. The van der Waals surface area contributed by atoms with E-state index in [9.17, 15) is 11.0 Å². The van der Waals surface area contributed by atoms with E-state index in [1.165, 1.54) is 0 Å². The van der Waals surface area contributed by atoms with Crippen LogP contribution in [-0.2, 0) is 17.9 Å². The van der Waals surface area contributed by atoms with Gasteiger partial charge in [-0.25, -0.2) is 0 Å². The zero-order valence-corrected chi connectivity index (χ0v) is 22.1. The van der Waals surface area contributed by atoms with Gasteiger partial charge in [-0.2, -0.15) is 0 Å². The molecule has 0 saturated carbocycles. The fraction of sp³-hybridized carbons (Fsp3) is 0.250. The van der Waals surface area contributed by atoms with E-state index in [0.29, 0.717) is 36.3 Å². The van der Waals surface area contributed by atoms with Gasteiger partial charge < -0.3 is 14.7 Å². The second kappa shape index (κ2) is 14.3. The standard InChI is InChI=1S/C32H33NO4S/c34-24-29(35)13-5-2-8-20-37-30-14-7-6-12-28(30)23-33(22-25-10-3-1-4-11-25)32(36)27-18-16-26(17-19-27)31-15-9-21-38-31/h1,3-4,6-7,9-12,14-19,21,34H,2,5,8,13,20,22-24H2/i23D. The number of ether oxygens (including phenoxy) is 1. The van der Waals surface area contributed by atoms with Crippen LogP contribution in [-0.4, -0.2) is 34.9 Å². The molecule has 196 valence electrons. The second-order valence-corrected chi connectivity index (χ2v) is 9.94. The first-order chi connectivity index (χ1) is 19.1. The van der Waals surface area contributed by atoms with E-state index in [-0.39, 0.29) is 18.2 Å². The van der Waals surface area contributed by atoms with Crippen LogP contribution in [0.15, 0.2) is 96.4 Å². The van der Waals surface area contributed by atoms with E-state index in [4.69, 9.17) is 9.84 Å². The first-order valence-electron chi connectivity index (χ1n) is 13.4. The van der Waals surface area contributed by atoms with Crippen molar-refractivity contribution in [3.8, 4) is 16.2 Å². The molecule has 0 saturated heterocycles. The average molecular weight is 529 g/mol. The molecule has 0 radical (unpaired) electrons. The Morgan fingerprint density at radius 1 is 0.868 bits per heavy atom. The van der Waals surface area contributed by atoms with Gasteiger partial charge in [-0.05, 0) is 60.0 Å². The molecule has 1 amide bonds. The summed E-state index contributed by atoms with van der Waals surface area (Å²) in [6.45, 7) is -0.666. The number of hydrogen-bond acceptors (Lipinski definition) is 5. The number of para-hydroxylation sites is 1. The summed E-state index contributed by atoms with van der Waals surface area (Å²) < 4.78 is 15.2. The Labute approximate surface area is 229 Å². The highest BCUT2D eigenvalue weighted by atomic mass is 32.1. The molecule has 38 heavy (non-hydrogen) atoms. The minimum atomic E-state index is -0.979. The zero-order valence-electron chi connectivity index (χ0n) is 22.3. The van der Waals surface area contributed by atoms with Crippen LogP contribution in [0, 0.1) is 0 Å². The van der Waals surface area contributed by atoms with Gasteiger partial charge in [0.1, 0.15) is 12.4 Å². The van der Waals surface area contributed by atoms with Crippen molar-refractivity contribution in [1.82, 2.24) is 4.90 Å². The second-order valence-electron chi connectivity index (χ2n) is 9.00. The number of aliphatic hydroxyl groups is 1. The van der Waals surface area contributed by atoms with E-state index in [1.807, 2.05) is 90.3 Å². The smallest absolute Gasteiger partial charge is 0.254 e. The van der Waals surface area contributed by atoms with Crippen molar-refractivity contribution in [2.24, 2.45) is 0 Å². The van der Waals surface area contributed by atoms with Gasteiger partial charge in [0.05, 0.1) is 7.98 Å². The molecule has 1 aromatic heterocycles. The number of benzene rings is 3. The largest absolute Gasteiger partial charge is 0.493 e. The summed E-state index contributed by atoms with van der Waals surface area (Å²) in [7, 11) is 0. The molecule has 4 rings (SSSR count). The van der Waals surface area contributed by atoms with Crippen molar-refractivity contribution < 1.29 is 20.8 Å². The molecule has 6 heteroatoms. The van der Waals surface area contributed by atoms with Gasteiger partial charge in [0, 0.05) is 35.5 Å². The van der Waals surface area contributed by atoms with Crippen LogP contribution in [0.4, 0.5) is 0 Å². The number of Topliss-reactive ketones (excluding diaryl/α,β-unsaturated/α-hetero) is 1. The van der Waals surface area contributed by atoms with Gasteiger partial charge in [-0.15, -0.1) is 11.3 Å². The molecule has 0 aliphatic carbocycles. The Morgan fingerprint density at radius 2 is 1.63 bits per heavy atom. The molecule has 1 N–H and O–H groups in total. The van der Waals surface area contributed by atoms with Crippen molar-refractivity contribution in [1.29, 1.82) is 0 Å². The molecule has 0 aliphatic rings.